The quantitative estimate of drug-likeness (QED) is 0.845. The fraction of sp³-hybridized carbons (Fsp3) is 0.667. The molecule has 6 nitrogen and oxygen atoms in total. The summed E-state index contributed by atoms with van der Waals surface area (Å²) in [5.41, 5.74) is 0. The molecule has 1 aromatic heterocycles. The van der Waals surface area contributed by atoms with Crippen LogP contribution in [-0.2, 0) is 11.0 Å². The molecule has 1 N–H and O–H groups in total. The maximum Gasteiger partial charge on any atom is 0.445 e. The summed E-state index contributed by atoms with van der Waals surface area (Å²) >= 11 is 0.338. The number of hydrogen-bond acceptors (Lipinski definition) is 6. The lowest BCUT2D eigenvalue weighted by Gasteiger charge is -2.21. The lowest BCUT2D eigenvalue weighted by molar-refractivity contribution is -0.138. The van der Waals surface area contributed by atoms with Crippen molar-refractivity contribution in [2.45, 2.75) is 6.18 Å². The van der Waals surface area contributed by atoms with E-state index < -0.39 is 23.7 Å². The van der Waals surface area contributed by atoms with Gasteiger partial charge in [0.1, 0.15) is 6.54 Å². The van der Waals surface area contributed by atoms with E-state index in [1.54, 1.807) is 19.0 Å². The molecule has 0 amide bonds. The first-order chi connectivity index (χ1) is 8.70. The number of hydrogen-bond donors (Lipinski definition) is 1. The Labute approximate surface area is 111 Å². The van der Waals surface area contributed by atoms with Gasteiger partial charge in [-0.25, -0.2) is 0 Å². The highest BCUT2D eigenvalue weighted by molar-refractivity contribution is 7.15. The van der Waals surface area contributed by atoms with E-state index in [9.17, 15) is 18.0 Å². The van der Waals surface area contributed by atoms with Crippen molar-refractivity contribution in [3.8, 4) is 0 Å². The SMILES string of the molecule is CN(C)CCN(CC(=O)O)c1nnc(C(F)(F)F)s1. The smallest absolute Gasteiger partial charge is 0.445 e. The van der Waals surface area contributed by atoms with Crippen molar-refractivity contribution in [3.05, 3.63) is 5.01 Å². The number of halogens is 3. The number of alkyl halides is 3. The second-order valence-corrected chi connectivity index (χ2v) is 4.96. The van der Waals surface area contributed by atoms with Crippen LogP contribution in [0.4, 0.5) is 18.3 Å². The first kappa shape index (κ1) is 15.6. The van der Waals surface area contributed by atoms with Gasteiger partial charge in [-0.1, -0.05) is 11.3 Å². The van der Waals surface area contributed by atoms with Crippen LogP contribution in [0.25, 0.3) is 0 Å². The number of nitrogens with zero attached hydrogens (tertiary/aromatic N) is 4. The second kappa shape index (κ2) is 6.15. The van der Waals surface area contributed by atoms with Crippen LogP contribution in [0.3, 0.4) is 0 Å². The molecule has 0 spiro atoms. The largest absolute Gasteiger partial charge is 0.480 e. The number of carboxylic acid groups (broad SMARTS) is 1. The predicted molar refractivity (Wildman–Crippen MR) is 63.3 cm³/mol. The average Bonchev–Trinajstić information content (AvgIpc) is 2.71. The highest BCUT2D eigenvalue weighted by Gasteiger charge is 2.36. The first-order valence-electron chi connectivity index (χ1n) is 5.22. The molecule has 1 rings (SSSR count). The molecular weight excluding hydrogens is 285 g/mol. The van der Waals surface area contributed by atoms with Crippen LogP contribution in [0, 0.1) is 0 Å². The third kappa shape index (κ3) is 4.99. The first-order valence-corrected chi connectivity index (χ1v) is 6.04. The molecule has 0 aromatic carbocycles. The van der Waals surface area contributed by atoms with Crippen LogP contribution in [0.5, 0.6) is 0 Å². The van der Waals surface area contributed by atoms with Gasteiger partial charge in [-0.15, -0.1) is 10.2 Å². The summed E-state index contributed by atoms with van der Waals surface area (Å²) in [4.78, 5) is 13.8. The number of aliphatic carboxylic acids is 1. The molecule has 0 bridgehead atoms. The number of carbonyl (C=O) groups is 1. The molecule has 1 aromatic rings. The fourth-order valence-corrected chi connectivity index (χ4v) is 1.92. The van der Waals surface area contributed by atoms with Gasteiger partial charge in [0.2, 0.25) is 10.1 Å². The summed E-state index contributed by atoms with van der Waals surface area (Å²) in [6, 6.07) is 0. The second-order valence-electron chi connectivity index (χ2n) is 4.01. The average molecular weight is 298 g/mol. The molecule has 0 saturated heterocycles. The lowest BCUT2D eigenvalue weighted by atomic mass is 10.5. The summed E-state index contributed by atoms with van der Waals surface area (Å²) in [5.74, 6) is -1.14. The number of carboxylic acids is 1. The van der Waals surface area contributed by atoms with Crippen molar-refractivity contribution in [3.63, 3.8) is 0 Å². The van der Waals surface area contributed by atoms with Gasteiger partial charge in [0.05, 0.1) is 0 Å². The van der Waals surface area contributed by atoms with Gasteiger partial charge >= 0.3 is 12.1 Å². The minimum atomic E-state index is -4.56. The number of likely N-dealkylation sites (N-methyl/N-ethyl adjacent to an activating group) is 1. The van der Waals surface area contributed by atoms with Crippen molar-refractivity contribution in [2.24, 2.45) is 0 Å². The van der Waals surface area contributed by atoms with Gasteiger partial charge in [0.15, 0.2) is 0 Å². The van der Waals surface area contributed by atoms with Crippen LogP contribution in [0.15, 0.2) is 0 Å². The third-order valence-corrected chi connectivity index (χ3v) is 3.10. The maximum absolute atomic E-state index is 12.4. The Morgan fingerprint density at radius 2 is 1.95 bits per heavy atom. The number of rotatable bonds is 6. The van der Waals surface area contributed by atoms with Crippen molar-refractivity contribution in [1.82, 2.24) is 15.1 Å². The van der Waals surface area contributed by atoms with Crippen LogP contribution in [0.1, 0.15) is 5.01 Å². The lowest BCUT2D eigenvalue weighted by Crippen LogP contribution is -2.35. The topological polar surface area (TPSA) is 69.6 Å². The molecule has 0 aliphatic carbocycles. The number of aromatic nitrogens is 2. The van der Waals surface area contributed by atoms with E-state index in [0.717, 1.165) is 0 Å². The van der Waals surface area contributed by atoms with Gasteiger partial charge < -0.3 is 14.9 Å². The molecule has 19 heavy (non-hydrogen) atoms. The molecule has 0 saturated carbocycles. The van der Waals surface area contributed by atoms with E-state index >= 15 is 0 Å². The summed E-state index contributed by atoms with van der Waals surface area (Å²) in [7, 11) is 3.56. The van der Waals surface area contributed by atoms with Gasteiger partial charge in [0, 0.05) is 13.1 Å². The van der Waals surface area contributed by atoms with E-state index in [1.807, 2.05) is 0 Å². The summed E-state index contributed by atoms with van der Waals surface area (Å²) < 4.78 is 37.2. The third-order valence-electron chi connectivity index (χ3n) is 2.07. The zero-order valence-corrected chi connectivity index (χ0v) is 11.1. The molecule has 10 heteroatoms. The van der Waals surface area contributed by atoms with Crippen molar-refractivity contribution >= 4 is 22.4 Å². The molecule has 0 aliphatic heterocycles. The Bertz CT molecular complexity index is 435. The van der Waals surface area contributed by atoms with E-state index in [4.69, 9.17) is 5.11 Å². The van der Waals surface area contributed by atoms with E-state index in [2.05, 4.69) is 10.2 Å². The molecule has 0 atom stereocenters. The summed E-state index contributed by atoms with van der Waals surface area (Å²) in [5, 5.41) is 14.1. The molecular formula is C9H13F3N4O2S. The van der Waals surface area contributed by atoms with Crippen molar-refractivity contribution in [2.75, 3.05) is 38.6 Å². The van der Waals surface area contributed by atoms with Gasteiger partial charge in [0.25, 0.3) is 0 Å². The predicted octanol–water partition coefficient (Wildman–Crippen LogP) is 1.01. The van der Waals surface area contributed by atoms with Gasteiger partial charge in [-0.3, -0.25) is 4.79 Å². The van der Waals surface area contributed by atoms with Crippen LogP contribution in [-0.4, -0.2) is 59.9 Å². The maximum atomic E-state index is 12.4. The van der Waals surface area contributed by atoms with E-state index in [-0.39, 0.29) is 11.7 Å². The minimum Gasteiger partial charge on any atom is -0.480 e. The normalized spacial score (nSPS) is 11.9. The van der Waals surface area contributed by atoms with E-state index in [1.165, 1.54) is 4.90 Å². The van der Waals surface area contributed by atoms with Crippen LogP contribution < -0.4 is 4.90 Å². The Balaban J connectivity index is 2.84. The number of anilines is 1. The summed E-state index contributed by atoms with van der Waals surface area (Å²) in [6.07, 6.45) is -4.56. The zero-order chi connectivity index (χ0) is 14.6. The Morgan fingerprint density at radius 1 is 1.32 bits per heavy atom. The van der Waals surface area contributed by atoms with E-state index in [0.29, 0.717) is 17.9 Å². The van der Waals surface area contributed by atoms with Crippen LogP contribution in [0.2, 0.25) is 0 Å². The van der Waals surface area contributed by atoms with Crippen molar-refractivity contribution in [1.29, 1.82) is 0 Å². The Hall–Kier alpha value is -1.42. The van der Waals surface area contributed by atoms with Crippen molar-refractivity contribution < 1.29 is 23.1 Å². The highest BCUT2D eigenvalue weighted by atomic mass is 32.1. The molecule has 0 fully saturated rings. The van der Waals surface area contributed by atoms with Gasteiger partial charge in [-0.2, -0.15) is 13.2 Å². The molecule has 108 valence electrons. The molecule has 0 aliphatic rings. The molecule has 0 unspecified atom stereocenters. The monoisotopic (exact) mass is 298 g/mol. The van der Waals surface area contributed by atoms with Gasteiger partial charge in [-0.05, 0) is 14.1 Å². The highest BCUT2D eigenvalue weighted by Crippen LogP contribution is 2.34. The fourth-order valence-electron chi connectivity index (χ4n) is 1.18. The standard InChI is InChI=1S/C9H13F3N4O2S/c1-15(2)3-4-16(5-6(17)18)8-14-13-7(19-8)9(10,11)12/h3-5H2,1-2H3,(H,17,18). The zero-order valence-electron chi connectivity index (χ0n) is 10.3. The van der Waals surface area contributed by atoms with Crippen LogP contribution >= 0.6 is 11.3 Å². The summed E-state index contributed by atoms with van der Waals surface area (Å²) in [6.45, 7) is 0.334. The molecule has 0 radical (unpaired) electrons. The minimum absolute atomic E-state index is 0.0448. The Morgan fingerprint density at radius 3 is 2.37 bits per heavy atom. The Kier molecular flexibility index (Phi) is 5.06. The molecule has 1 heterocycles.